The summed E-state index contributed by atoms with van der Waals surface area (Å²) < 4.78 is 11.5. The standard InChI is InChI=1S/C22H24N6O2/c1-2-4-17-16(3-1)21(26-25-17)15-5-7-27(8-6-15)20-13-19-18(14-23-20)24-22(30-19)28-9-11-29-12-10-28/h1-4,13-15H,5-12H2,(H,25,26). The van der Waals surface area contributed by atoms with Crippen LogP contribution < -0.4 is 9.80 Å². The highest BCUT2D eigenvalue weighted by molar-refractivity contribution is 5.81. The normalized spacial score (nSPS) is 18.5. The number of aromatic amines is 1. The quantitative estimate of drug-likeness (QED) is 0.561. The number of piperidine rings is 1. The number of anilines is 2. The van der Waals surface area contributed by atoms with Gasteiger partial charge in [0.15, 0.2) is 5.58 Å². The van der Waals surface area contributed by atoms with Crippen molar-refractivity contribution in [1.29, 1.82) is 0 Å². The van der Waals surface area contributed by atoms with Crippen molar-refractivity contribution in [3.63, 3.8) is 0 Å². The van der Waals surface area contributed by atoms with E-state index in [1.54, 1.807) is 0 Å². The predicted octanol–water partition coefficient (Wildman–Crippen LogP) is 3.32. The zero-order valence-corrected chi connectivity index (χ0v) is 16.8. The summed E-state index contributed by atoms with van der Waals surface area (Å²) >= 11 is 0. The Morgan fingerprint density at radius 3 is 2.70 bits per heavy atom. The topological polar surface area (TPSA) is 83.3 Å². The van der Waals surface area contributed by atoms with Crippen LogP contribution in [0.5, 0.6) is 0 Å². The number of benzene rings is 1. The molecule has 6 rings (SSSR count). The number of hydrogen-bond acceptors (Lipinski definition) is 7. The molecule has 0 atom stereocenters. The molecule has 2 aliphatic heterocycles. The molecule has 0 amide bonds. The van der Waals surface area contributed by atoms with E-state index in [1.165, 1.54) is 11.1 Å². The summed E-state index contributed by atoms with van der Waals surface area (Å²) in [6.07, 6.45) is 3.94. The number of nitrogens with one attached hydrogen (secondary N) is 1. The molecule has 0 bridgehead atoms. The first kappa shape index (κ1) is 17.7. The molecule has 0 unspecified atom stereocenters. The molecule has 2 saturated heterocycles. The third-order valence-corrected chi connectivity index (χ3v) is 6.24. The number of para-hydroxylation sites is 1. The van der Waals surface area contributed by atoms with Gasteiger partial charge in [0, 0.05) is 43.5 Å². The maximum absolute atomic E-state index is 6.05. The molecule has 5 heterocycles. The van der Waals surface area contributed by atoms with E-state index in [0.29, 0.717) is 25.1 Å². The van der Waals surface area contributed by atoms with E-state index in [9.17, 15) is 0 Å². The van der Waals surface area contributed by atoms with Gasteiger partial charge >= 0.3 is 0 Å². The minimum Gasteiger partial charge on any atom is -0.423 e. The number of pyridine rings is 1. The van der Waals surface area contributed by atoms with Crippen LogP contribution in [0.15, 0.2) is 40.9 Å². The van der Waals surface area contributed by atoms with Gasteiger partial charge in [-0.1, -0.05) is 18.2 Å². The summed E-state index contributed by atoms with van der Waals surface area (Å²) in [6.45, 7) is 4.94. The second-order valence-corrected chi connectivity index (χ2v) is 8.02. The summed E-state index contributed by atoms with van der Waals surface area (Å²) in [5.41, 5.74) is 3.91. The Morgan fingerprint density at radius 1 is 1.00 bits per heavy atom. The van der Waals surface area contributed by atoms with Gasteiger partial charge in [-0.15, -0.1) is 0 Å². The van der Waals surface area contributed by atoms with Crippen LogP contribution in [0.3, 0.4) is 0 Å². The highest BCUT2D eigenvalue weighted by Crippen LogP contribution is 2.33. The lowest BCUT2D eigenvalue weighted by Crippen LogP contribution is -2.36. The number of rotatable bonds is 3. The number of ether oxygens (including phenoxy) is 1. The van der Waals surface area contributed by atoms with Gasteiger partial charge < -0.3 is 19.0 Å². The first-order valence-corrected chi connectivity index (χ1v) is 10.6. The van der Waals surface area contributed by atoms with Crippen molar-refractivity contribution in [3.8, 4) is 0 Å². The second-order valence-electron chi connectivity index (χ2n) is 8.02. The fraction of sp³-hybridized carbons (Fsp3) is 0.409. The molecule has 8 heteroatoms. The lowest BCUT2D eigenvalue weighted by Gasteiger charge is -2.32. The Balaban J connectivity index is 1.19. The number of fused-ring (bicyclic) bond motifs is 2. The number of H-pyrrole nitrogens is 1. The van der Waals surface area contributed by atoms with Crippen LogP contribution in [0.25, 0.3) is 22.0 Å². The highest BCUT2D eigenvalue weighted by Gasteiger charge is 2.25. The molecule has 2 aliphatic rings. The fourth-order valence-corrected chi connectivity index (χ4v) is 4.55. The monoisotopic (exact) mass is 404 g/mol. The van der Waals surface area contributed by atoms with Gasteiger partial charge in [0.1, 0.15) is 11.3 Å². The van der Waals surface area contributed by atoms with Crippen LogP contribution in [-0.2, 0) is 4.74 Å². The van der Waals surface area contributed by atoms with Crippen molar-refractivity contribution in [2.24, 2.45) is 0 Å². The maximum Gasteiger partial charge on any atom is 0.298 e. The first-order chi connectivity index (χ1) is 14.8. The summed E-state index contributed by atoms with van der Waals surface area (Å²) in [5, 5.41) is 9.02. The summed E-state index contributed by atoms with van der Waals surface area (Å²) in [7, 11) is 0. The van der Waals surface area contributed by atoms with Gasteiger partial charge in [-0.25, -0.2) is 4.98 Å². The van der Waals surface area contributed by atoms with E-state index < -0.39 is 0 Å². The molecule has 0 saturated carbocycles. The van der Waals surface area contributed by atoms with Crippen LogP contribution in [0.2, 0.25) is 0 Å². The van der Waals surface area contributed by atoms with Gasteiger partial charge in [0.2, 0.25) is 0 Å². The van der Waals surface area contributed by atoms with Gasteiger partial charge in [0.25, 0.3) is 6.01 Å². The number of morpholine rings is 1. The molecule has 4 aromatic rings. The van der Waals surface area contributed by atoms with E-state index in [1.807, 2.05) is 18.3 Å². The maximum atomic E-state index is 6.05. The Labute approximate surface area is 173 Å². The molecule has 154 valence electrons. The molecular weight excluding hydrogens is 380 g/mol. The largest absolute Gasteiger partial charge is 0.423 e. The van der Waals surface area contributed by atoms with Crippen molar-refractivity contribution >= 4 is 33.8 Å². The average molecular weight is 404 g/mol. The smallest absolute Gasteiger partial charge is 0.298 e. The minimum atomic E-state index is 0.472. The van der Waals surface area contributed by atoms with E-state index in [0.717, 1.165) is 61.5 Å². The average Bonchev–Trinajstić information content (AvgIpc) is 3.44. The molecule has 0 aliphatic carbocycles. The zero-order valence-electron chi connectivity index (χ0n) is 16.8. The Bertz CT molecular complexity index is 1170. The summed E-state index contributed by atoms with van der Waals surface area (Å²) in [5.74, 6) is 1.43. The lowest BCUT2D eigenvalue weighted by molar-refractivity contribution is 0.120. The number of oxazole rings is 1. The van der Waals surface area contributed by atoms with Crippen molar-refractivity contribution in [1.82, 2.24) is 20.2 Å². The molecule has 0 radical (unpaired) electrons. The number of aromatic nitrogens is 4. The lowest BCUT2D eigenvalue weighted by atomic mass is 9.91. The molecule has 8 nitrogen and oxygen atoms in total. The predicted molar refractivity (Wildman–Crippen MR) is 115 cm³/mol. The molecular formula is C22H24N6O2. The molecule has 1 N–H and O–H groups in total. The fourth-order valence-electron chi connectivity index (χ4n) is 4.55. The van der Waals surface area contributed by atoms with E-state index in [4.69, 9.17) is 9.15 Å². The van der Waals surface area contributed by atoms with Crippen molar-refractivity contribution < 1.29 is 9.15 Å². The van der Waals surface area contributed by atoms with Gasteiger partial charge in [-0.3, -0.25) is 5.10 Å². The van der Waals surface area contributed by atoms with Crippen LogP contribution in [0, 0.1) is 0 Å². The molecule has 0 spiro atoms. The highest BCUT2D eigenvalue weighted by atomic mass is 16.5. The second kappa shape index (κ2) is 7.28. The van der Waals surface area contributed by atoms with E-state index >= 15 is 0 Å². The Kier molecular flexibility index (Phi) is 4.30. The van der Waals surface area contributed by atoms with Gasteiger partial charge in [0.05, 0.1) is 30.6 Å². The van der Waals surface area contributed by atoms with Crippen LogP contribution >= 0.6 is 0 Å². The Morgan fingerprint density at radius 2 is 1.83 bits per heavy atom. The zero-order chi connectivity index (χ0) is 19.9. The minimum absolute atomic E-state index is 0.472. The van der Waals surface area contributed by atoms with Crippen LogP contribution in [0.1, 0.15) is 24.5 Å². The summed E-state index contributed by atoms with van der Waals surface area (Å²) in [6, 6.07) is 11.1. The molecule has 30 heavy (non-hydrogen) atoms. The van der Waals surface area contributed by atoms with E-state index in [-0.39, 0.29) is 0 Å². The number of hydrogen-bond donors (Lipinski definition) is 1. The van der Waals surface area contributed by atoms with Gasteiger partial charge in [-0.05, 0) is 18.9 Å². The van der Waals surface area contributed by atoms with Crippen LogP contribution in [-0.4, -0.2) is 59.6 Å². The van der Waals surface area contributed by atoms with Gasteiger partial charge in [-0.2, -0.15) is 10.1 Å². The first-order valence-electron chi connectivity index (χ1n) is 10.6. The third-order valence-electron chi connectivity index (χ3n) is 6.24. The van der Waals surface area contributed by atoms with Crippen molar-refractivity contribution in [2.75, 3.05) is 49.2 Å². The molecule has 1 aromatic carbocycles. The third kappa shape index (κ3) is 3.08. The number of nitrogens with zero attached hydrogens (tertiary/aromatic N) is 5. The van der Waals surface area contributed by atoms with E-state index in [2.05, 4.69) is 48.2 Å². The Hall–Kier alpha value is -3.13. The molecule has 3 aromatic heterocycles. The summed E-state index contributed by atoms with van der Waals surface area (Å²) in [4.78, 5) is 13.7. The molecule has 2 fully saturated rings. The van der Waals surface area contributed by atoms with Crippen molar-refractivity contribution in [3.05, 3.63) is 42.2 Å². The SMILES string of the molecule is c1ccc2c(C3CCN(c4cc5oc(N6CCOCC6)nc5cn4)CC3)n[nH]c2c1. The van der Waals surface area contributed by atoms with Crippen LogP contribution in [0.4, 0.5) is 11.8 Å². The van der Waals surface area contributed by atoms with Crippen molar-refractivity contribution in [2.45, 2.75) is 18.8 Å².